The van der Waals surface area contributed by atoms with Gasteiger partial charge in [0.15, 0.2) is 0 Å². The smallest absolute Gasteiger partial charge is 0.242 e. The van der Waals surface area contributed by atoms with Gasteiger partial charge in [0.1, 0.15) is 4.90 Å². The fourth-order valence-electron chi connectivity index (χ4n) is 2.06. The Morgan fingerprint density at radius 3 is 2.79 bits per heavy atom. The summed E-state index contributed by atoms with van der Waals surface area (Å²) in [5, 5.41) is 0.343. The van der Waals surface area contributed by atoms with Crippen molar-refractivity contribution in [1.82, 2.24) is 4.72 Å². The molecule has 1 aliphatic carbocycles. The van der Waals surface area contributed by atoms with E-state index in [2.05, 4.69) is 4.72 Å². The molecule has 0 aliphatic heterocycles. The molecule has 3 N–H and O–H groups in total. The van der Waals surface area contributed by atoms with Crippen molar-refractivity contribution in [3.8, 4) is 0 Å². The van der Waals surface area contributed by atoms with Crippen LogP contribution in [0.2, 0.25) is 5.02 Å². The largest absolute Gasteiger partial charge is 0.398 e. The molecule has 5 nitrogen and oxygen atoms in total. The standard InChI is InChI=1S/C12H17ClN2O3S/c1-2-18-10-6-9(7-10)15-19(16,17)12-5-8(13)3-4-11(12)14/h3-5,9-10,15H,2,6-7,14H2,1H3. The van der Waals surface area contributed by atoms with Crippen LogP contribution in [0.3, 0.4) is 0 Å². The molecule has 0 spiro atoms. The number of hydrogen-bond donors (Lipinski definition) is 2. The van der Waals surface area contributed by atoms with Gasteiger partial charge in [-0.15, -0.1) is 0 Å². The molecular formula is C12H17ClN2O3S. The van der Waals surface area contributed by atoms with Crippen molar-refractivity contribution >= 4 is 27.3 Å². The van der Waals surface area contributed by atoms with Crippen LogP contribution >= 0.6 is 11.6 Å². The van der Waals surface area contributed by atoms with Crippen LogP contribution < -0.4 is 10.5 Å². The maximum Gasteiger partial charge on any atom is 0.242 e. The topological polar surface area (TPSA) is 81.4 Å². The van der Waals surface area contributed by atoms with E-state index in [4.69, 9.17) is 22.1 Å². The molecular weight excluding hydrogens is 288 g/mol. The van der Waals surface area contributed by atoms with E-state index in [0.29, 0.717) is 24.5 Å². The highest BCUT2D eigenvalue weighted by molar-refractivity contribution is 7.89. The lowest BCUT2D eigenvalue weighted by molar-refractivity contribution is -0.00475. The Hall–Kier alpha value is -0.820. The summed E-state index contributed by atoms with van der Waals surface area (Å²) in [5.74, 6) is 0. The molecule has 0 aromatic heterocycles. The number of nitrogens with two attached hydrogens (primary N) is 1. The normalized spacial score (nSPS) is 23.1. The van der Waals surface area contributed by atoms with Crippen LogP contribution in [0.4, 0.5) is 5.69 Å². The Labute approximate surface area is 118 Å². The second-order valence-corrected chi connectivity index (χ2v) is 6.67. The lowest BCUT2D eigenvalue weighted by atomic mass is 9.90. The molecule has 0 heterocycles. The number of anilines is 1. The van der Waals surface area contributed by atoms with Crippen LogP contribution in [0.25, 0.3) is 0 Å². The zero-order chi connectivity index (χ0) is 14.0. The molecule has 1 fully saturated rings. The Kier molecular flexibility index (Phi) is 4.35. The van der Waals surface area contributed by atoms with Crippen molar-refractivity contribution in [2.24, 2.45) is 0 Å². The van der Waals surface area contributed by atoms with Gasteiger partial charge in [-0.1, -0.05) is 11.6 Å². The quantitative estimate of drug-likeness (QED) is 0.812. The van der Waals surface area contributed by atoms with Crippen molar-refractivity contribution in [2.75, 3.05) is 12.3 Å². The van der Waals surface area contributed by atoms with Gasteiger partial charge in [0.25, 0.3) is 0 Å². The van der Waals surface area contributed by atoms with Gasteiger partial charge in [-0.3, -0.25) is 0 Å². The van der Waals surface area contributed by atoms with Gasteiger partial charge in [-0.2, -0.15) is 0 Å². The van der Waals surface area contributed by atoms with E-state index in [0.717, 1.165) is 0 Å². The highest BCUT2D eigenvalue weighted by atomic mass is 35.5. The molecule has 1 saturated carbocycles. The summed E-state index contributed by atoms with van der Waals surface area (Å²) in [6.07, 6.45) is 1.52. The minimum absolute atomic E-state index is 0.0276. The van der Waals surface area contributed by atoms with Crippen LogP contribution in [0, 0.1) is 0 Å². The SMILES string of the molecule is CCOC1CC(NS(=O)(=O)c2cc(Cl)ccc2N)C1. The summed E-state index contributed by atoms with van der Waals surface area (Å²) < 4.78 is 32.4. The van der Waals surface area contributed by atoms with Crippen LogP contribution in [0.5, 0.6) is 0 Å². The monoisotopic (exact) mass is 304 g/mol. The third kappa shape index (κ3) is 3.39. The van der Waals surface area contributed by atoms with Gasteiger partial charge in [-0.25, -0.2) is 13.1 Å². The van der Waals surface area contributed by atoms with Crippen molar-refractivity contribution in [3.05, 3.63) is 23.2 Å². The predicted octanol–water partition coefficient (Wildman–Crippen LogP) is 1.77. The molecule has 0 amide bonds. The average molecular weight is 305 g/mol. The van der Waals surface area contributed by atoms with Gasteiger partial charge in [0.2, 0.25) is 10.0 Å². The predicted molar refractivity (Wildman–Crippen MR) is 74.6 cm³/mol. The number of ether oxygens (including phenoxy) is 1. The van der Waals surface area contributed by atoms with E-state index in [-0.39, 0.29) is 22.7 Å². The summed E-state index contributed by atoms with van der Waals surface area (Å²) in [5.41, 5.74) is 5.88. The highest BCUT2D eigenvalue weighted by Crippen LogP contribution is 2.27. The van der Waals surface area contributed by atoms with Crippen LogP contribution in [0.15, 0.2) is 23.1 Å². The van der Waals surface area contributed by atoms with E-state index in [1.54, 1.807) is 6.07 Å². The van der Waals surface area contributed by atoms with E-state index >= 15 is 0 Å². The van der Waals surface area contributed by atoms with Crippen LogP contribution in [-0.2, 0) is 14.8 Å². The molecule has 0 unspecified atom stereocenters. The molecule has 1 aromatic carbocycles. The van der Waals surface area contributed by atoms with Crippen LogP contribution in [0.1, 0.15) is 19.8 Å². The molecule has 106 valence electrons. The number of sulfonamides is 1. The first-order chi connectivity index (χ1) is 8.92. The third-order valence-electron chi connectivity index (χ3n) is 3.08. The number of nitrogen functional groups attached to an aromatic ring is 1. The molecule has 1 aromatic rings. The molecule has 0 radical (unpaired) electrons. The minimum atomic E-state index is -3.63. The Morgan fingerprint density at radius 2 is 2.16 bits per heavy atom. The molecule has 7 heteroatoms. The molecule has 2 rings (SSSR count). The third-order valence-corrected chi connectivity index (χ3v) is 4.90. The Balaban J connectivity index is 2.05. The number of halogens is 1. The molecule has 19 heavy (non-hydrogen) atoms. The van der Waals surface area contributed by atoms with Crippen molar-refractivity contribution in [3.63, 3.8) is 0 Å². The summed E-state index contributed by atoms with van der Waals surface area (Å²) in [7, 11) is -3.63. The number of nitrogens with one attached hydrogen (secondary N) is 1. The first-order valence-corrected chi connectivity index (χ1v) is 7.97. The average Bonchev–Trinajstić information content (AvgIpc) is 2.29. The van der Waals surface area contributed by atoms with Gasteiger partial charge in [0.05, 0.1) is 11.8 Å². The summed E-state index contributed by atoms with van der Waals surface area (Å²) in [6.45, 7) is 2.57. The first-order valence-electron chi connectivity index (χ1n) is 6.11. The molecule has 0 atom stereocenters. The van der Waals surface area contributed by atoms with E-state index in [1.807, 2.05) is 6.92 Å². The second kappa shape index (κ2) is 5.66. The van der Waals surface area contributed by atoms with E-state index in [9.17, 15) is 8.42 Å². The summed E-state index contributed by atoms with van der Waals surface area (Å²) >= 11 is 5.80. The fourth-order valence-corrected chi connectivity index (χ4v) is 3.71. The van der Waals surface area contributed by atoms with Crippen molar-refractivity contribution in [2.45, 2.75) is 36.8 Å². The zero-order valence-electron chi connectivity index (χ0n) is 10.6. The van der Waals surface area contributed by atoms with Gasteiger partial charge in [0, 0.05) is 17.7 Å². The van der Waals surface area contributed by atoms with Crippen LogP contribution in [-0.4, -0.2) is 27.2 Å². The van der Waals surface area contributed by atoms with E-state index < -0.39 is 10.0 Å². The first kappa shape index (κ1) is 14.6. The highest BCUT2D eigenvalue weighted by Gasteiger charge is 2.33. The molecule has 0 bridgehead atoms. The molecule has 1 aliphatic rings. The number of hydrogen-bond acceptors (Lipinski definition) is 4. The van der Waals surface area contributed by atoms with E-state index in [1.165, 1.54) is 12.1 Å². The Morgan fingerprint density at radius 1 is 1.47 bits per heavy atom. The minimum Gasteiger partial charge on any atom is -0.398 e. The maximum atomic E-state index is 12.2. The fraction of sp³-hybridized carbons (Fsp3) is 0.500. The lowest BCUT2D eigenvalue weighted by Gasteiger charge is -2.35. The zero-order valence-corrected chi connectivity index (χ0v) is 12.2. The lowest BCUT2D eigenvalue weighted by Crippen LogP contribution is -2.47. The van der Waals surface area contributed by atoms with Gasteiger partial charge < -0.3 is 10.5 Å². The van der Waals surface area contributed by atoms with Gasteiger partial charge >= 0.3 is 0 Å². The Bertz CT molecular complexity index is 556. The second-order valence-electron chi connectivity index (χ2n) is 4.55. The molecule has 0 saturated heterocycles. The maximum absolute atomic E-state index is 12.2. The summed E-state index contributed by atoms with van der Waals surface area (Å²) in [6, 6.07) is 4.31. The number of rotatable bonds is 5. The van der Waals surface area contributed by atoms with Gasteiger partial charge in [-0.05, 0) is 38.0 Å². The van der Waals surface area contributed by atoms with Crippen molar-refractivity contribution in [1.29, 1.82) is 0 Å². The number of benzene rings is 1. The summed E-state index contributed by atoms with van der Waals surface area (Å²) in [4.78, 5) is 0.0276. The van der Waals surface area contributed by atoms with Crippen molar-refractivity contribution < 1.29 is 13.2 Å².